The lowest BCUT2D eigenvalue weighted by Crippen LogP contribution is -2.13. The van der Waals surface area contributed by atoms with E-state index in [9.17, 15) is 17.6 Å². The topological polar surface area (TPSA) is 67.9 Å². The predicted octanol–water partition coefficient (Wildman–Crippen LogP) is 8.09. The molecule has 6 nitrogen and oxygen atoms in total. The monoisotopic (exact) mass is 649 g/mol. The van der Waals surface area contributed by atoms with Crippen LogP contribution in [0.25, 0.3) is 0 Å². The molecule has 5 heterocycles. The Labute approximate surface area is 275 Å². The van der Waals surface area contributed by atoms with Crippen LogP contribution in [0.2, 0.25) is 0 Å². The van der Waals surface area contributed by atoms with Gasteiger partial charge in [-0.3, -0.25) is 0 Å². The van der Waals surface area contributed by atoms with Crippen LogP contribution < -0.4 is 0 Å². The third-order valence-electron chi connectivity index (χ3n) is 7.98. The molecule has 0 fully saturated rings. The number of ether oxygens (including phenoxy) is 2. The average Bonchev–Trinajstić information content (AvgIpc) is 3.86. The summed E-state index contributed by atoms with van der Waals surface area (Å²) in [6, 6.07) is 6.45. The van der Waals surface area contributed by atoms with E-state index in [0.29, 0.717) is 56.8 Å². The number of aliphatic imine (C=N–C) groups is 4. The van der Waals surface area contributed by atoms with Crippen molar-refractivity contribution >= 4 is 22.8 Å². The maximum Gasteiger partial charge on any atom is 0.128 e. The Hall–Kier alpha value is -5.32. The first-order chi connectivity index (χ1) is 23.6. The molecule has 0 saturated carbocycles. The standard InChI is InChI=1S/C38H28F4N4O2/c1-21(47-19-23-11-25(39)3-9-35(23)41)33-15-31-14-29-6-5-27(43-29)13-28-7-8-30(44-28)17-37-34(16-32(46-37)18-38(33)45-31)22(2)48-20-24-12-26(40)4-10-36(24)42/h3-18,21-22H,19-20H2,1-2H3/i15D. The molecule has 0 spiro atoms. The molecular formula is C38H28F4N4O2. The minimum absolute atomic E-state index is 0.0456. The van der Waals surface area contributed by atoms with Gasteiger partial charge in [-0.2, -0.15) is 0 Å². The highest BCUT2D eigenvalue weighted by Gasteiger charge is 2.25. The van der Waals surface area contributed by atoms with Crippen LogP contribution in [-0.4, -0.2) is 35.1 Å². The molecule has 0 radical (unpaired) electrons. The van der Waals surface area contributed by atoms with Crippen molar-refractivity contribution in [3.8, 4) is 0 Å². The summed E-state index contributed by atoms with van der Waals surface area (Å²) in [5.41, 5.74) is 5.57. The van der Waals surface area contributed by atoms with Crippen LogP contribution in [0, 0.1) is 23.3 Å². The van der Waals surface area contributed by atoms with Gasteiger partial charge in [0.1, 0.15) is 23.3 Å². The number of halogens is 4. The number of allylic oxidation sites excluding steroid dienone is 10. The number of rotatable bonds is 8. The molecule has 2 unspecified atom stereocenters. The van der Waals surface area contributed by atoms with Gasteiger partial charge in [0.2, 0.25) is 0 Å². The second-order valence-electron chi connectivity index (χ2n) is 11.5. The first-order valence-corrected chi connectivity index (χ1v) is 15.2. The van der Waals surface area contributed by atoms with Gasteiger partial charge >= 0.3 is 0 Å². The largest absolute Gasteiger partial charge is 0.369 e. The number of hydrogen-bond donors (Lipinski definition) is 0. The van der Waals surface area contributed by atoms with Gasteiger partial charge in [-0.15, -0.1) is 0 Å². The van der Waals surface area contributed by atoms with E-state index in [0.717, 1.165) is 36.4 Å². The first kappa shape index (κ1) is 30.0. The van der Waals surface area contributed by atoms with Gasteiger partial charge in [0.25, 0.3) is 0 Å². The van der Waals surface area contributed by atoms with Crippen LogP contribution in [0.1, 0.15) is 26.3 Å². The lowest BCUT2D eigenvalue weighted by Gasteiger charge is -2.16. The van der Waals surface area contributed by atoms with Gasteiger partial charge in [-0.1, -0.05) is 0 Å². The Morgan fingerprint density at radius 3 is 1.71 bits per heavy atom. The zero-order valence-electron chi connectivity index (χ0n) is 26.8. The number of fused-ring (bicyclic) bond motifs is 4. The van der Waals surface area contributed by atoms with E-state index in [2.05, 4.69) is 9.98 Å². The normalized spacial score (nSPS) is 19.5. The molecule has 2 aromatic carbocycles. The minimum atomic E-state index is -0.745. The van der Waals surface area contributed by atoms with Crippen LogP contribution in [0.15, 0.2) is 151 Å². The lowest BCUT2D eigenvalue weighted by atomic mass is 10.0. The molecule has 240 valence electrons. The molecule has 2 atom stereocenters. The first-order valence-electron chi connectivity index (χ1n) is 15.7. The van der Waals surface area contributed by atoms with Crippen molar-refractivity contribution in [2.45, 2.75) is 39.3 Å². The molecule has 5 aliphatic heterocycles. The van der Waals surface area contributed by atoms with E-state index in [1.807, 2.05) is 30.4 Å². The summed E-state index contributed by atoms with van der Waals surface area (Å²) in [5.74, 6) is -2.33. The predicted molar refractivity (Wildman–Crippen MR) is 178 cm³/mol. The molecule has 0 saturated heterocycles. The van der Waals surface area contributed by atoms with Crippen LogP contribution in [0.4, 0.5) is 17.6 Å². The van der Waals surface area contributed by atoms with E-state index >= 15 is 0 Å². The zero-order chi connectivity index (χ0) is 34.2. The Morgan fingerprint density at radius 2 is 1.08 bits per heavy atom. The van der Waals surface area contributed by atoms with Crippen molar-refractivity contribution in [3.05, 3.63) is 165 Å². The van der Waals surface area contributed by atoms with Crippen molar-refractivity contribution in [2.24, 2.45) is 20.0 Å². The minimum Gasteiger partial charge on any atom is -0.369 e. The summed E-state index contributed by atoms with van der Waals surface area (Å²) < 4.78 is 77.4. The molecule has 2 aromatic rings. The van der Waals surface area contributed by atoms with E-state index in [1.54, 1.807) is 38.2 Å². The van der Waals surface area contributed by atoms with Crippen molar-refractivity contribution in [1.29, 1.82) is 0 Å². The van der Waals surface area contributed by atoms with Crippen molar-refractivity contribution in [3.63, 3.8) is 0 Å². The maximum atomic E-state index is 14.4. The van der Waals surface area contributed by atoms with Gasteiger partial charge in [0, 0.05) is 22.3 Å². The zero-order valence-corrected chi connectivity index (χ0v) is 25.8. The van der Waals surface area contributed by atoms with Gasteiger partial charge < -0.3 is 9.47 Å². The third kappa shape index (κ3) is 6.85. The summed E-state index contributed by atoms with van der Waals surface area (Å²) in [4.78, 5) is 18.9. The number of benzene rings is 2. The molecule has 0 aromatic heterocycles. The highest BCUT2D eigenvalue weighted by atomic mass is 19.1. The van der Waals surface area contributed by atoms with E-state index in [1.165, 1.54) is 0 Å². The van der Waals surface area contributed by atoms with Gasteiger partial charge in [0.15, 0.2) is 0 Å². The highest BCUT2D eigenvalue weighted by molar-refractivity contribution is 6.15. The SMILES string of the molecule is [2H]C1=C(C(C)OCc2cc(F)ccc2F)C2=CC3=NC(=CC4=NC(=CC5=NC(=CC1=N2)C=C5)C=C4)C(C(C)OCc1cc(F)ccc1F)=C3. The smallest absolute Gasteiger partial charge is 0.128 e. The van der Waals surface area contributed by atoms with Crippen LogP contribution in [0.5, 0.6) is 0 Å². The Bertz CT molecular complexity index is 2160. The van der Waals surface area contributed by atoms with Gasteiger partial charge in [0.05, 0.1) is 72.4 Å². The Kier molecular flexibility index (Phi) is 8.17. The molecule has 10 heteroatoms. The molecule has 7 rings (SSSR count). The molecule has 0 amide bonds. The molecule has 8 bridgehead atoms. The quantitative estimate of drug-likeness (QED) is 0.272. The van der Waals surface area contributed by atoms with Crippen molar-refractivity contribution in [2.75, 3.05) is 0 Å². The second kappa shape index (κ2) is 13.1. The molecule has 0 aliphatic carbocycles. The fourth-order valence-electron chi connectivity index (χ4n) is 5.49. The molecule has 5 aliphatic rings. The summed E-state index contributed by atoms with van der Waals surface area (Å²) in [7, 11) is 0. The van der Waals surface area contributed by atoms with Crippen LogP contribution >= 0.6 is 0 Å². The lowest BCUT2D eigenvalue weighted by molar-refractivity contribution is 0.0758. The van der Waals surface area contributed by atoms with E-state index < -0.39 is 35.5 Å². The fraction of sp³-hybridized carbons (Fsp3) is 0.158. The maximum absolute atomic E-state index is 14.4. The van der Waals surface area contributed by atoms with Crippen molar-refractivity contribution < 1.29 is 28.4 Å². The summed E-state index contributed by atoms with van der Waals surface area (Å²) in [6.45, 7) is 3.10. The van der Waals surface area contributed by atoms with Gasteiger partial charge in [-0.25, -0.2) is 37.5 Å². The summed E-state index contributed by atoms with van der Waals surface area (Å²) in [5, 5.41) is 0. The van der Waals surface area contributed by atoms with E-state index in [-0.39, 0.29) is 30.4 Å². The molecule has 0 N–H and O–H groups in total. The highest BCUT2D eigenvalue weighted by Crippen LogP contribution is 2.31. The van der Waals surface area contributed by atoms with Crippen LogP contribution in [-0.2, 0) is 22.7 Å². The van der Waals surface area contributed by atoms with E-state index in [4.69, 9.17) is 20.8 Å². The third-order valence-corrected chi connectivity index (χ3v) is 7.98. The fourth-order valence-corrected chi connectivity index (χ4v) is 5.49. The summed E-state index contributed by atoms with van der Waals surface area (Å²) in [6.07, 6.45) is 14.9. The second-order valence-corrected chi connectivity index (χ2v) is 11.5. The summed E-state index contributed by atoms with van der Waals surface area (Å²) >= 11 is 0. The average molecular weight is 650 g/mol. The molecule has 48 heavy (non-hydrogen) atoms. The van der Waals surface area contributed by atoms with Crippen molar-refractivity contribution in [1.82, 2.24) is 0 Å². The Morgan fingerprint density at radius 1 is 0.583 bits per heavy atom. The van der Waals surface area contributed by atoms with Gasteiger partial charge in [-0.05, 0) is 111 Å². The Balaban J connectivity index is 1.26. The number of hydrogen-bond acceptors (Lipinski definition) is 6. The number of nitrogens with zero attached hydrogens (tertiary/aromatic N) is 4. The molecular weight excluding hydrogens is 620 g/mol. The van der Waals surface area contributed by atoms with Crippen LogP contribution in [0.3, 0.4) is 0 Å².